The number of carbonyl (C=O) groups is 2. The van der Waals surface area contributed by atoms with Crippen LogP contribution < -0.4 is 5.32 Å². The molecule has 0 fully saturated rings. The van der Waals surface area contributed by atoms with Crippen LogP contribution in [0.25, 0.3) is 16.9 Å². The summed E-state index contributed by atoms with van der Waals surface area (Å²) in [5.41, 5.74) is 2.99. The first-order valence-electron chi connectivity index (χ1n) is 8.85. The van der Waals surface area contributed by atoms with Gasteiger partial charge in [0.05, 0.1) is 24.7 Å². The zero-order chi connectivity index (χ0) is 20.2. The number of hydrogen-bond acceptors (Lipinski definition) is 7. The number of ether oxygens (including phenoxy) is 1. The van der Waals surface area contributed by atoms with Crippen LogP contribution in [0.4, 0.5) is 5.69 Å². The maximum atomic E-state index is 12.3. The van der Waals surface area contributed by atoms with Gasteiger partial charge in [0.1, 0.15) is 11.3 Å². The van der Waals surface area contributed by atoms with Crippen LogP contribution in [0.5, 0.6) is 0 Å². The maximum absolute atomic E-state index is 12.3. The standard InChI is InChI=1S/C20H16N6O3/c1-2-29-20(28)15-11-24-26-17(6-7-23-18(15)26)13-4-3-5-14(10-13)25-19(27)16-12-21-8-9-22-16/h3-12H,2H2,1H3,(H,25,27). The number of anilines is 1. The molecule has 0 aliphatic rings. The van der Waals surface area contributed by atoms with E-state index in [1.807, 2.05) is 12.1 Å². The van der Waals surface area contributed by atoms with Crippen LogP contribution in [0.15, 0.2) is 61.3 Å². The fraction of sp³-hybridized carbons (Fsp3) is 0.100. The minimum atomic E-state index is -0.475. The Labute approximate surface area is 165 Å². The van der Waals surface area contributed by atoms with Crippen LogP contribution >= 0.6 is 0 Å². The molecule has 0 bridgehead atoms. The van der Waals surface area contributed by atoms with E-state index in [0.717, 1.165) is 5.56 Å². The Balaban J connectivity index is 1.67. The Morgan fingerprint density at radius 2 is 2.00 bits per heavy atom. The van der Waals surface area contributed by atoms with Crippen LogP contribution in [-0.4, -0.2) is 43.0 Å². The van der Waals surface area contributed by atoms with Crippen LogP contribution in [0.1, 0.15) is 27.8 Å². The smallest absolute Gasteiger partial charge is 0.343 e. The van der Waals surface area contributed by atoms with E-state index in [9.17, 15) is 9.59 Å². The molecule has 4 aromatic rings. The molecule has 0 unspecified atom stereocenters. The van der Waals surface area contributed by atoms with Crippen molar-refractivity contribution in [2.75, 3.05) is 11.9 Å². The second kappa shape index (κ2) is 7.85. The first-order valence-corrected chi connectivity index (χ1v) is 8.85. The quantitative estimate of drug-likeness (QED) is 0.523. The highest BCUT2D eigenvalue weighted by molar-refractivity contribution is 6.03. The van der Waals surface area contributed by atoms with Crippen molar-refractivity contribution in [2.24, 2.45) is 0 Å². The molecule has 9 nitrogen and oxygen atoms in total. The van der Waals surface area contributed by atoms with Crippen LogP contribution in [0, 0.1) is 0 Å². The Bertz CT molecular complexity index is 1190. The normalized spacial score (nSPS) is 10.7. The van der Waals surface area contributed by atoms with Gasteiger partial charge in [-0.3, -0.25) is 9.78 Å². The third-order valence-corrected chi connectivity index (χ3v) is 4.11. The Hall–Kier alpha value is -4.14. The molecule has 0 aliphatic heterocycles. The van der Waals surface area contributed by atoms with Crippen molar-refractivity contribution in [3.63, 3.8) is 0 Å². The first-order chi connectivity index (χ1) is 14.2. The van der Waals surface area contributed by atoms with Crippen molar-refractivity contribution >= 4 is 23.2 Å². The number of carbonyl (C=O) groups excluding carboxylic acids is 2. The molecule has 1 amide bonds. The summed E-state index contributed by atoms with van der Waals surface area (Å²) in [6, 6.07) is 9.03. The lowest BCUT2D eigenvalue weighted by Crippen LogP contribution is -2.13. The maximum Gasteiger partial charge on any atom is 0.343 e. The molecule has 0 saturated heterocycles. The van der Waals surface area contributed by atoms with Crippen molar-refractivity contribution in [2.45, 2.75) is 6.92 Å². The largest absolute Gasteiger partial charge is 0.462 e. The van der Waals surface area contributed by atoms with E-state index in [-0.39, 0.29) is 18.2 Å². The molecule has 1 aromatic carbocycles. The number of amides is 1. The lowest BCUT2D eigenvalue weighted by atomic mass is 10.1. The third kappa shape index (κ3) is 3.65. The predicted octanol–water partition coefficient (Wildman–Crippen LogP) is 2.62. The summed E-state index contributed by atoms with van der Waals surface area (Å²) >= 11 is 0. The summed E-state index contributed by atoms with van der Waals surface area (Å²) < 4.78 is 6.62. The lowest BCUT2D eigenvalue weighted by molar-refractivity contribution is 0.0528. The topological polar surface area (TPSA) is 111 Å². The van der Waals surface area contributed by atoms with E-state index in [1.54, 1.807) is 35.8 Å². The van der Waals surface area contributed by atoms with Crippen molar-refractivity contribution in [3.05, 3.63) is 72.6 Å². The fourth-order valence-electron chi connectivity index (χ4n) is 2.83. The van der Waals surface area contributed by atoms with E-state index in [1.165, 1.54) is 24.8 Å². The number of nitrogens with one attached hydrogen (secondary N) is 1. The molecule has 144 valence electrons. The minimum Gasteiger partial charge on any atom is -0.462 e. The van der Waals surface area contributed by atoms with Crippen molar-refractivity contribution in [1.29, 1.82) is 0 Å². The Morgan fingerprint density at radius 1 is 1.10 bits per heavy atom. The second-order valence-electron chi connectivity index (χ2n) is 5.97. The highest BCUT2D eigenvalue weighted by Crippen LogP contribution is 2.24. The minimum absolute atomic E-state index is 0.218. The number of hydrogen-bond donors (Lipinski definition) is 1. The number of rotatable bonds is 5. The average molecular weight is 388 g/mol. The summed E-state index contributed by atoms with van der Waals surface area (Å²) in [6.45, 7) is 2.01. The molecule has 9 heteroatoms. The zero-order valence-corrected chi connectivity index (χ0v) is 15.4. The van der Waals surface area contributed by atoms with E-state index in [0.29, 0.717) is 22.6 Å². The summed E-state index contributed by atoms with van der Waals surface area (Å²) in [6.07, 6.45) is 7.38. The van der Waals surface area contributed by atoms with E-state index in [2.05, 4.69) is 25.4 Å². The lowest BCUT2D eigenvalue weighted by Gasteiger charge is -2.09. The number of nitrogens with zero attached hydrogens (tertiary/aromatic N) is 5. The zero-order valence-electron chi connectivity index (χ0n) is 15.4. The molecular formula is C20H16N6O3. The molecular weight excluding hydrogens is 372 g/mol. The van der Waals surface area contributed by atoms with Gasteiger partial charge in [-0.15, -0.1) is 0 Å². The molecule has 3 aromatic heterocycles. The number of esters is 1. The highest BCUT2D eigenvalue weighted by atomic mass is 16.5. The van der Waals surface area contributed by atoms with Crippen LogP contribution in [0.3, 0.4) is 0 Å². The predicted molar refractivity (Wildman–Crippen MR) is 104 cm³/mol. The van der Waals surface area contributed by atoms with Gasteiger partial charge in [0.25, 0.3) is 5.91 Å². The van der Waals surface area contributed by atoms with Gasteiger partial charge in [-0.25, -0.2) is 19.3 Å². The Morgan fingerprint density at radius 3 is 2.79 bits per heavy atom. The second-order valence-corrected chi connectivity index (χ2v) is 5.97. The van der Waals surface area contributed by atoms with Gasteiger partial charge in [0.15, 0.2) is 5.65 Å². The fourth-order valence-corrected chi connectivity index (χ4v) is 2.83. The molecule has 1 N–H and O–H groups in total. The molecule has 0 spiro atoms. The SMILES string of the molecule is CCOC(=O)c1cnn2c(-c3cccc(NC(=O)c4cnccn4)c3)ccnc12. The summed E-state index contributed by atoms with van der Waals surface area (Å²) in [5.74, 6) is -0.837. The van der Waals surface area contributed by atoms with Crippen molar-refractivity contribution < 1.29 is 14.3 Å². The summed E-state index contributed by atoms with van der Waals surface area (Å²) in [7, 11) is 0. The molecule has 4 rings (SSSR count). The van der Waals surface area contributed by atoms with E-state index in [4.69, 9.17) is 4.74 Å². The first kappa shape index (κ1) is 18.2. The van der Waals surface area contributed by atoms with Gasteiger partial charge < -0.3 is 10.1 Å². The molecule has 29 heavy (non-hydrogen) atoms. The Kier molecular flexibility index (Phi) is 4.93. The average Bonchev–Trinajstić information content (AvgIpc) is 3.19. The third-order valence-electron chi connectivity index (χ3n) is 4.11. The molecule has 0 atom stereocenters. The monoisotopic (exact) mass is 388 g/mol. The molecule has 0 radical (unpaired) electrons. The van der Waals surface area contributed by atoms with Gasteiger partial charge in [-0.2, -0.15) is 5.10 Å². The van der Waals surface area contributed by atoms with E-state index >= 15 is 0 Å². The molecule has 0 saturated carbocycles. The highest BCUT2D eigenvalue weighted by Gasteiger charge is 2.17. The van der Waals surface area contributed by atoms with Gasteiger partial charge in [0.2, 0.25) is 0 Å². The summed E-state index contributed by atoms with van der Waals surface area (Å²) in [5, 5.41) is 7.08. The van der Waals surface area contributed by atoms with Crippen molar-refractivity contribution in [3.8, 4) is 11.3 Å². The van der Waals surface area contributed by atoms with Gasteiger partial charge in [0, 0.05) is 29.8 Å². The number of aromatic nitrogens is 5. The van der Waals surface area contributed by atoms with E-state index < -0.39 is 5.97 Å². The van der Waals surface area contributed by atoms with Gasteiger partial charge in [-0.05, 0) is 25.1 Å². The van der Waals surface area contributed by atoms with Crippen LogP contribution in [0.2, 0.25) is 0 Å². The van der Waals surface area contributed by atoms with Gasteiger partial charge in [-0.1, -0.05) is 12.1 Å². The van der Waals surface area contributed by atoms with Crippen LogP contribution in [-0.2, 0) is 4.74 Å². The number of benzene rings is 1. The summed E-state index contributed by atoms with van der Waals surface area (Å²) in [4.78, 5) is 36.6. The molecule has 3 heterocycles. The number of fused-ring (bicyclic) bond motifs is 1. The molecule has 0 aliphatic carbocycles. The van der Waals surface area contributed by atoms with Gasteiger partial charge >= 0.3 is 5.97 Å². The van der Waals surface area contributed by atoms with Crippen molar-refractivity contribution in [1.82, 2.24) is 24.6 Å².